The molecule has 1 aromatic carbocycles. The maximum Gasteiger partial charge on any atom is 0.313 e. The predicted octanol–water partition coefficient (Wildman–Crippen LogP) is 1.64. The van der Waals surface area contributed by atoms with Crippen molar-refractivity contribution in [3.8, 4) is 0 Å². The van der Waals surface area contributed by atoms with E-state index >= 15 is 0 Å². The predicted molar refractivity (Wildman–Crippen MR) is 97.5 cm³/mol. The molecule has 3 amide bonds. The molecule has 0 aliphatic carbocycles. The van der Waals surface area contributed by atoms with Crippen LogP contribution in [0.5, 0.6) is 0 Å². The number of anilines is 2. The highest BCUT2D eigenvalue weighted by Crippen LogP contribution is 2.29. The molecule has 1 aliphatic rings. The van der Waals surface area contributed by atoms with Gasteiger partial charge in [-0.2, -0.15) is 0 Å². The molecule has 7 heteroatoms. The molecule has 0 spiro atoms. The molecule has 2 heterocycles. The molecule has 2 aromatic rings. The van der Waals surface area contributed by atoms with Gasteiger partial charge in [0.05, 0.1) is 0 Å². The van der Waals surface area contributed by atoms with Crippen molar-refractivity contribution in [3.05, 3.63) is 53.9 Å². The van der Waals surface area contributed by atoms with E-state index in [0.29, 0.717) is 12.2 Å². The number of fused-ring (bicyclic) bond motifs is 1. The Morgan fingerprint density at radius 1 is 1.19 bits per heavy atom. The molecule has 1 aromatic heterocycles. The van der Waals surface area contributed by atoms with Gasteiger partial charge in [0, 0.05) is 43.8 Å². The first-order chi connectivity index (χ1) is 12.5. The third-order valence-electron chi connectivity index (χ3n) is 4.22. The lowest BCUT2D eigenvalue weighted by Gasteiger charge is -2.28. The Hall–Kier alpha value is -3.22. The zero-order valence-corrected chi connectivity index (χ0v) is 14.5. The Morgan fingerprint density at radius 2 is 2.04 bits per heavy atom. The summed E-state index contributed by atoms with van der Waals surface area (Å²) < 4.78 is 0. The Kier molecular flexibility index (Phi) is 5.26. The van der Waals surface area contributed by atoms with Crippen LogP contribution < -0.4 is 15.5 Å². The molecular weight excluding hydrogens is 332 g/mol. The van der Waals surface area contributed by atoms with Crippen molar-refractivity contribution < 1.29 is 14.4 Å². The molecule has 0 atom stereocenters. The van der Waals surface area contributed by atoms with Crippen LogP contribution >= 0.6 is 0 Å². The van der Waals surface area contributed by atoms with Crippen LogP contribution in [0.4, 0.5) is 11.4 Å². The summed E-state index contributed by atoms with van der Waals surface area (Å²) in [7, 11) is 0. The number of benzene rings is 1. The van der Waals surface area contributed by atoms with E-state index in [2.05, 4.69) is 15.6 Å². The molecule has 0 bridgehead atoms. The lowest BCUT2D eigenvalue weighted by atomic mass is 10.0. The van der Waals surface area contributed by atoms with Crippen LogP contribution in [0.3, 0.4) is 0 Å². The van der Waals surface area contributed by atoms with Gasteiger partial charge in [0.25, 0.3) is 0 Å². The van der Waals surface area contributed by atoms with Gasteiger partial charge in [-0.15, -0.1) is 0 Å². The topological polar surface area (TPSA) is 91.4 Å². The summed E-state index contributed by atoms with van der Waals surface area (Å²) in [5.74, 6) is -1.44. The quantitative estimate of drug-likeness (QED) is 0.822. The molecule has 2 N–H and O–H groups in total. The molecule has 1 aliphatic heterocycles. The van der Waals surface area contributed by atoms with Crippen LogP contribution in [-0.4, -0.2) is 29.3 Å². The number of rotatable bonds is 3. The van der Waals surface area contributed by atoms with Crippen molar-refractivity contribution in [1.29, 1.82) is 0 Å². The van der Waals surface area contributed by atoms with E-state index in [-0.39, 0.29) is 12.5 Å². The van der Waals surface area contributed by atoms with Crippen LogP contribution in [0, 0.1) is 0 Å². The Labute approximate surface area is 151 Å². The molecule has 0 unspecified atom stereocenters. The molecule has 134 valence electrons. The van der Waals surface area contributed by atoms with Gasteiger partial charge in [-0.05, 0) is 48.2 Å². The van der Waals surface area contributed by atoms with Gasteiger partial charge < -0.3 is 15.5 Å². The molecule has 0 saturated heterocycles. The van der Waals surface area contributed by atoms with E-state index in [1.165, 1.54) is 6.92 Å². The van der Waals surface area contributed by atoms with Crippen molar-refractivity contribution in [2.45, 2.75) is 26.3 Å². The van der Waals surface area contributed by atoms with Gasteiger partial charge in [0.15, 0.2) is 0 Å². The van der Waals surface area contributed by atoms with Gasteiger partial charge in [0.2, 0.25) is 5.91 Å². The van der Waals surface area contributed by atoms with Crippen LogP contribution in [0.2, 0.25) is 0 Å². The fraction of sp³-hybridized carbons (Fsp3) is 0.263. The molecule has 26 heavy (non-hydrogen) atoms. The second kappa shape index (κ2) is 7.77. The van der Waals surface area contributed by atoms with E-state index in [9.17, 15) is 14.4 Å². The summed E-state index contributed by atoms with van der Waals surface area (Å²) in [6, 6.07) is 8.90. The second-order valence-corrected chi connectivity index (χ2v) is 6.12. The van der Waals surface area contributed by atoms with Crippen molar-refractivity contribution in [1.82, 2.24) is 10.3 Å². The van der Waals surface area contributed by atoms with Gasteiger partial charge in [-0.3, -0.25) is 19.4 Å². The first-order valence-corrected chi connectivity index (χ1v) is 8.43. The Bertz CT molecular complexity index is 836. The highest BCUT2D eigenvalue weighted by Gasteiger charge is 2.21. The number of nitrogens with one attached hydrogen (secondary N) is 2. The van der Waals surface area contributed by atoms with Crippen LogP contribution in [0.25, 0.3) is 0 Å². The number of nitrogens with zero attached hydrogens (tertiary/aromatic N) is 2. The first kappa shape index (κ1) is 17.6. The van der Waals surface area contributed by atoms with E-state index in [1.807, 2.05) is 12.1 Å². The van der Waals surface area contributed by atoms with E-state index in [4.69, 9.17) is 0 Å². The van der Waals surface area contributed by atoms with Crippen molar-refractivity contribution in [3.63, 3.8) is 0 Å². The lowest BCUT2D eigenvalue weighted by Crippen LogP contribution is -2.35. The molecule has 0 fully saturated rings. The Balaban J connectivity index is 1.62. The summed E-state index contributed by atoms with van der Waals surface area (Å²) in [6.45, 7) is 2.47. The normalized spacial score (nSPS) is 12.9. The van der Waals surface area contributed by atoms with Gasteiger partial charge in [0.1, 0.15) is 0 Å². The monoisotopic (exact) mass is 352 g/mol. The zero-order valence-electron chi connectivity index (χ0n) is 14.5. The Morgan fingerprint density at radius 3 is 2.77 bits per heavy atom. The number of aryl methyl sites for hydroxylation is 1. The van der Waals surface area contributed by atoms with Crippen LogP contribution in [0.15, 0.2) is 42.7 Å². The summed E-state index contributed by atoms with van der Waals surface area (Å²) in [5.41, 5.74) is 3.20. The van der Waals surface area contributed by atoms with Crippen LogP contribution in [-0.2, 0) is 27.3 Å². The highest BCUT2D eigenvalue weighted by molar-refractivity contribution is 6.39. The van der Waals surface area contributed by atoms with Gasteiger partial charge >= 0.3 is 11.8 Å². The smallest absolute Gasteiger partial charge is 0.313 e. The number of carbonyl (C=O) groups excluding carboxylic acids is 3. The van der Waals surface area contributed by atoms with Crippen molar-refractivity contribution in [2.24, 2.45) is 0 Å². The third-order valence-corrected chi connectivity index (χ3v) is 4.22. The minimum absolute atomic E-state index is 0.00230. The van der Waals surface area contributed by atoms with E-state index < -0.39 is 11.8 Å². The molecule has 7 nitrogen and oxygen atoms in total. The zero-order chi connectivity index (χ0) is 18.5. The minimum atomic E-state index is -0.729. The average Bonchev–Trinajstić information content (AvgIpc) is 2.66. The number of pyridine rings is 1. The number of amides is 3. The standard InChI is InChI=1S/C19H20N4O3/c1-13(24)23-9-3-5-15-10-16(6-7-17(15)23)22-19(26)18(25)21-12-14-4-2-8-20-11-14/h2,4,6-8,10-11H,3,5,9,12H2,1H3,(H,21,25)(H,22,26). The fourth-order valence-corrected chi connectivity index (χ4v) is 2.96. The maximum atomic E-state index is 12.1. The molecule has 3 rings (SSSR count). The highest BCUT2D eigenvalue weighted by atomic mass is 16.2. The summed E-state index contributed by atoms with van der Waals surface area (Å²) in [5, 5.41) is 5.16. The average molecular weight is 352 g/mol. The van der Waals surface area contributed by atoms with Crippen LogP contribution in [0.1, 0.15) is 24.5 Å². The second-order valence-electron chi connectivity index (χ2n) is 6.12. The first-order valence-electron chi connectivity index (χ1n) is 8.43. The van der Waals surface area contributed by atoms with E-state index in [0.717, 1.165) is 29.7 Å². The largest absolute Gasteiger partial charge is 0.344 e. The van der Waals surface area contributed by atoms with E-state index in [1.54, 1.807) is 35.5 Å². The number of hydrogen-bond donors (Lipinski definition) is 2. The number of carbonyl (C=O) groups is 3. The number of aromatic nitrogens is 1. The van der Waals surface area contributed by atoms with Crippen molar-refractivity contribution >= 4 is 29.1 Å². The fourth-order valence-electron chi connectivity index (χ4n) is 2.96. The summed E-state index contributed by atoms with van der Waals surface area (Å²) >= 11 is 0. The SMILES string of the molecule is CC(=O)N1CCCc2cc(NC(=O)C(=O)NCc3cccnc3)ccc21. The maximum absolute atomic E-state index is 12.1. The number of hydrogen-bond acceptors (Lipinski definition) is 4. The van der Waals surface area contributed by atoms with Gasteiger partial charge in [-0.25, -0.2) is 0 Å². The molecular formula is C19H20N4O3. The lowest BCUT2D eigenvalue weighted by molar-refractivity contribution is -0.136. The summed E-state index contributed by atoms with van der Waals surface area (Å²) in [4.78, 5) is 41.4. The summed E-state index contributed by atoms with van der Waals surface area (Å²) in [6.07, 6.45) is 4.97. The molecule has 0 radical (unpaired) electrons. The molecule has 0 saturated carbocycles. The van der Waals surface area contributed by atoms with Gasteiger partial charge in [-0.1, -0.05) is 6.07 Å². The third kappa shape index (κ3) is 4.05. The van der Waals surface area contributed by atoms with Crippen molar-refractivity contribution in [2.75, 3.05) is 16.8 Å². The minimum Gasteiger partial charge on any atom is -0.344 e.